The molecule has 5 aliphatic rings. The predicted octanol–water partition coefficient (Wildman–Crippen LogP) is 9.60. The van der Waals surface area contributed by atoms with Crippen LogP contribution >= 0.6 is 15.9 Å². The standard InChI is InChI=1S/C44H65BrN4O4/c1-26(2)28(5)39(6)19-20-41(8)31-15-16-34-40(7)22-52-24-44(34,32(31)17-18-42(41,9)35(39)38(50)51)21-33(36(40)53-23-43(10,46)27(3)4)49-37(47-25-48-49)29-11-13-30(45)14-12-29/h11-14,17,25-28,31,33-36H,15-16,18-24,46H2,1-10H3,(H,50,51)/t28-,31+,33-,34+,35-,36+,39-,40-,41-,42+,43+,44+/m1/s1. The number of nitrogens with two attached hydrogens (primary N) is 1. The number of carbonyl (C=O) groups is 1. The Labute approximate surface area is 326 Å². The van der Waals surface area contributed by atoms with Crippen molar-refractivity contribution < 1.29 is 19.4 Å². The predicted molar refractivity (Wildman–Crippen MR) is 213 cm³/mol. The molecule has 53 heavy (non-hydrogen) atoms. The Hall–Kier alpha value is -2.07. The summed E-state index contributed by atoms with van der Waals surface area (Å²) in [5, 5.41) is 16.1. The maximum atomic E-state index is 13.6. The number of ether oxygens (including phenoxy) is 2. The van der Waals surface area contributed by atoms with Gasteiger partial charge in [0.05, 0.1) is 37.9 Å². The Kier molecular flexibility index (Phi) is 9.80. The quantitative estimate of drug-likeness (QED) is 0.243. The van der Waals surface area contributed by atoms with Crippen molar-refractivity contribution in [3.8, 4) is 11.4 Å². The van der Waals surface area contributed by atoms with E-state index in [1.54, 1.807) is 6.33 Å². The zero-order valence-corrected chi connectivity index (χ0v) is 35.5. The molecule has 1 saturated heterocycles. The lowest BCUT2D eigenvalue weighted by atomic mass is 9.34. The van der Waals surface area contributed by atoms with Crippen molar-refractivity contribution >= 4 is 21.9 Å². The molecule has 0 spiro atoms. The van der Waals surface area contributed by atoms with Crippen molar-refractivity contribution in [2.75, 3.05) is 19.8 Å². The Morgan fingerprint density at radius 2 is 1.77 bits per heavy atom. The van der Waals surface area contributed by atoms with Gasteiger partial charge in [-0.2, -0.15) is 5.10 Å². The molecule has 7 rings (SSSR count). The van der Waals surface area contributed by atoms with Crippen LogP contribution < -0.4 is 5.73 Å². The second-order valence-corrected chi connectivity index (χ2v) is 21.0. The summed E-state index contributed by atoms with van der Waals surface area (Å²) in [5.74, 6) is 1.42. The number of carboxylic acid groups (broad SMARTS) is 1. The molecule has 9 heteroatoms. The van der Waals surface area contributed by atoms with E-state index >= 15 is 0 Å². The van der Waals surface area contributed by atoms with E-state index in [0.717, 1.165) is 54.4 Å². The second-order valence-electron chi connectivity index (χ2n) is 20.0. The number of allylic oxidation sites excluding steroid dienone is 1. The van der Waals surface area contributed by atoms with Crippen LogP contribution in [-0.4, -0.2) is 57.3 Å². The zero-order valence-electron chi connectivity index (χ0n) is 33.9. The zero-order chi connectivity index (χ0) is 38.5. The van der Waals surface area contributed by atoms with E-state index in [4.69, 9.17) is 25.3 Å². The highest BCUT2D eigenvalue weighted by Gasteiger charge is 2.72. The molecule has 4 aliphatic carbocycles. The van der Waals surface area contributed by atoms with E-state index in [1.165, 1.54) is 5.57 Å². The summed E-state index contributed by atoms with van der Waals surface area (Å²) in [6, 6.07) is 8.22. The first kappa shape index (κ1) is 39.2. The minimum Gasteiger partial charge on any atom is -0.481 e. The molecule has 1 aliphatic heterocycles. The molecule has 4 fully saturated rings. The Balaban J connectivity index is 1.35. The van der Waals surface area contributed by atoms with Crippen LogP contribution in [0.5, 0.6) is 0 Å². The van der Waals surface area contributed by atoms with Gasteiger partial charge in [-0.3, -0.25) is 4.79 Å². The molecule has 2 bridgehead atoms. The molecule has 0 unspecified atom stereocenters. The van der Waals surface area contributed by atoms with E-state index in [0.29, 0.717) is 37.6 Å². The average molecular weight is 794 g/mol. The SMILES string of the molecule is CC(C)[C@@H](C)[C@@]1(C)CC[C@]2(C)[C@H]3CC[C@@H]4[C@@]5(COC[C@@]4(C)[C@@H](OC[C@](C)(N)C(C)C)[C@H](n4ncnc4-c4ccc(Br)cc4)C5)C3=CC[C@@]2(C)[C@@H]1C(=O)O. The van der Waals surface area contributed by atoms with E-state index < -0.39 is 17.4 Å². The summed E-state index contributed by atoms with van der Waals surface area (Å²) in [5.41, 5.74) is 7.63. The monoisotopic (exact) mass is 792 g/mol. The molecular weight excluding hydrogens is 728 g/mol. The van der Waals surface area contributed by atoms with Gasteiger partial charge >= 0.3 is 5.97 Å². The van der Waals surface area contributed by atoms with E-state index in [9.17, 15) is 9.90 Å². The van der Waals surface area contributed by atoms with Crippen molar-refractivity contribution in [3.63, 3.8) is 0 Å². The lowest BCUT2D eigenvalue weighted by molar-refractivity contribution is -0.252. The molecule has 1 aromatic carbocycles. The van der Waals surface area contributed by atoms with Crippen molar-refractivity contribution in [3.05, 3.63) is 46.7 Å². The number of halogens is 1. The highest BCUT2D eigenvalue weighted by atomic mass is 79.9. The highest BCUT2D eigenvalue weighted by molar-refractivity contribution is 9.10. The second kappa shape index (κ2) is 13.3. The van der Waals surface area contributed by atoms with Crippen LogP contribution in [0.4, 0.5) is 0 Å². The lowest BCUT2D eigenvalue weighted by Crippen LogP contribution is -2.69. The molecule has 3 N–H and O–H groups in total. The Bertz CT molecular complexity index is 1740. The fraction of sp³-hybridized carbons (Fsp3) is 0.750. The number of carboxylic acids is 1. The first-order valence-electron chi connectivity index (χ1n) is 20.3. The molecule has 292 valence electrons. The fourth-order valence-corrected chi connectivity index (χ4v) is 13.1. The topological polar surface area (TPSA) is 112 Å². The summed E-state index contributed by atoms with van der Waals surface area (Å²) in [7, 11) is 0. The third kappa shape index (κ3) is 5.69. The fourth-order valence-electron chi connectivity index (χ4n) is 12.9. The van der Waals surface area contributed by atoms with Crippen LogP contribution in [0.2, 0.25) is 0 Å². The summed E-state index contributed by atoms with van der Waals surface area (Å²) in [4.78, 5) is 18.4. The van der Waals surface area contributed by atoms with Gasteiger partial charge in [0.1, 0.15) is 6.33 Å². The number of benzene rings is 1. The summed E-state index contributed by atoms with van der Waals surface area (Å²) in [6.07, 6.45) is 9.73. The molecule has 0 radical (unpaired) electrons. The number of aliphatic carboxylic acids is 1. The van der Waals surface area contributed by atoms with E-state index in [-0.39, 0.29) is 51.1 Å². The first-order valence-corrected chi connectivity index (χ1v) is 21.1. The molecule has 3 saturated carbocycles. The van der Waals surface area contributed by atoms with Gasteiger partial charge in [0.25, 0.3) is 0 Å². The van der Waals surface area contributed by atoms with Crippen LogP contribution in [0.25, 0.3) is 11.4 Å². The van der Waals surface area contributed by atoms with Crippen molar-refractivity contribution in [1.29, 1.82) is 0 Å². The molecule has 2 heterocycles. The Morgan fingerprint density at radius 3 is 2.42 bits per heavy atom. The summed E-state index contributed by atoms with van der Waals surface area (Å²) >= 11 is 3.61. The maximum absolute atomic E-state index is 13.6. The lowest BCUT2D eigenvalue weighted by Gasteiger charge is -2.71. The summed E-state index contributed by atoms with van der Waals surface area (Å²) in [6.45, 7) is 24.4. The molecule has 2 aromatic rings. The van der Waals surface area contributed by atoms with Gasteiger partial charge in [-0.15, -0.1) is 0 Å². The van der Waals surface area contributed by atoms with Gasteiger partial charge in [-0.05, 0) is 103 Å². The molecule has 12 atom stereocenters. The molecule has 8 nitrogen and oxygen atoms in total. The number of nitrogens with zero attached hydrogens (tertiary/aromatic N) is 3. The third-order valence-corrected chi connectivity index (χ3v) is 17.5. The highest BCUT2D eigenvalue weighted by Crippen LogP contribution is 2.75. The van der Waals surface area contributed by atoms with Crippen LogP contribution in [0.3, 0.4) is 0 Å². The number of rotatable bonds is 9. The largest absolute Gasteiger partial charge is 0.481 e. The van der Waals surface area contributed by atoms with Crippen LogP contribution in [0.15, 0.2) is 46.7 Å². The number of hydrogen-bond acceptors (Lipinski definition) is 6. The van der Waals surface area contributed by atoms with Crippen molar-refractivity contribution in [1.82, 2.24) is 14.8 Å². The molecule has 0 amide bonds. The van der Waals surface area contributed by atoms with Gasteiger partial charge in [-0.25, -0.2) is 9.67 Å². The van der Waals surface area contributed by atoms with Crippen molar-refractivity contribution in [2.45, 2.75) is 125 Å². The van der Waals surface area contributed by atoms with Gasteiger partial charge in [0, 0.05) is 26.4 Å². The molecule has 1 aromatic heterocycles. The smallest absolute Gasteiger partial charge is 0.307 e. The molecular formula is C44H65BrN4O4. The number of aromatic nitrogens is 3. The average Bonchev–Trinajstić information content (AvgIpc) is 3.57. The Morgan fingerprint density at radius 1 is 1.08 bits per heavy atom. The van der Waals surface area contributed by atoms with Crippen LogP contribution in [-0.2, 0) is 14.3 Å². The number of fused-ring (bicyclic) bond motifs is 3. The third-order valence-electron chi connectivity index (χ3n) is 17.0. The first-order chi connectivity index (χ1) is 24.8. The minimum atomic E-state index is -0.622. The van der Waals surface area contributed by atoms with Gasteiger partial charge < -0.3 is 20.3 Å². The number of hydrogen-bond donors (Lipinski definition) is 2. The van der Waals surface area contributed by atoms with Gasteiger partial charge in [0.15, 0.2) is 5.82 Å². The van der Waals surface area contributed by atoms with E-state index in [2.05, 4.69) is 120 Å². The van der Waals surface area contributed by atoms with Crippen LogP contribution in [0.1, 0.15) is 114 Å². The van der Waals surface area contributed by atoms with E-state index in [1.807, 2.05) is 0 Å². The van der Waals surface area contributed by atoms with Crippen molar-refractivity contribution in [2.24, 2.45) is 68.3 Å². The van der Waals surface area contributed by atoms with Gasteiger partial charge in [-0.1, -0.05) is 102 Å². The van der Waals surface area contributed by atoms with Gasteiger partial charge in [0.2, 0.25) is 0 Å². The minimum absolute atomic E-state index is 0.0988. The van der Waals surface area contributed by atoms with Crippen LogP contribution in [0, 0.1) is 62.6 Å². The maximum Gasteiger partial charge on any atom is 0.307 e. The summed E-state index contributed by atoms with van der Waals surface area (Å²) < 4.78 is 17.1. The normalized spacial score (nSPS) is 41.2.